The first-order chi connectivity index (χ1) is 7.08. The minimum absolute atomic E-state index is 0.136. The second kappa shape index (κ2) is 8.43. The summed E-state index contributed by atoms with van der Waals surface area (Å²) in [5.74, 6) is 0.940. The Bertz CT molecular complexity index is 153. The monoisotopic (exact) mass is 234 g/mol. The Hall–Kier alpha value is 0.270. The fraction of sp³-hybridized carbons (Fsp3) is 1.00. The Balaban J connectivity index is 3.76. The van der Waals surface area contributed by atoms with Gasteiger partial charge in [0.2, 0.25) is 0 Å². The summed E-state index contributed by atoms with van der Waals surface area (Å²) in [6.07, 6.45) is 6.14. The average Bonchev–Trinajstić information content (AvgIpc) is 2.26. The van der Waals surface area contributed by atoms with Crippen molar-refractivity contribution in [1.82, 2.24) is 0 Å². The summed E-state index contributed by atoms with van der Waals surface area (Å²) in [6, 6.07) is 0. The van der Waals surface area contributed by atoms with E-state index in [1.54, 1.807) is 0 Å². The average molecular weight is 234 g/mol. The molecule has 2 atom stereocenters. The summed E-state index contributed by atoms with van der Waals surface area (Å²) in [6.45, 7) is 6.65. The van der Waals surface area contributed by atoms with Crippen molar-refractivity contribution >= 4 is 11.8 Å². The minimum atomic E-state index is -0.600. The van der Waals surface area contributed by atoms with E-state index in [-0.39, 0.29) is 6.61 Å². The molecule has 2 nitrogen and oxygen atoms in total. The molecule has 0 aromatic rings. The SMILES string of the molecule is CCCCC(C)(CC)CCSC(O)CO. The van der Waals surface area contributed by atoms with Gasteiger partial charge in [-0.3, -0.25) is 0 Å². The van der Waals surface area contributed by atoms with Crippen LogP contribution in [-0.2, 0) is 0 Å². The summed E-state index contributed by atoms with van der Waals surface area (Å²) < 4.78 is 0. The van der Waals surface area contributed by atoms with Crippen molar-refractivity contribution < 1.29 is 10.2 Å². The van der Waals surface area contributed by atoms with Crippen LogP contribution in [0.3, 0.4) is 0 Å². The van der Waals surface area contributed by atoms with E-state index >= 15 is 0 Å². The Kier molecular flexibility index (Phi) is 8.58. The van der Waals surface area contributed by atoms with Gasteiger partial charge in [0.15, 0.2) is 0 Å². The summed E-state index contributed by atoms with van der Waals surface area (Å²) in [7, 11) is 0. The predicted molar refractivity (Wildman–Crippen MR) is 68.1 cm³/mol. The van der Waals surface area contributed by atoms with Crippen molar-refractivity contribution in [3.8, 4) is 0 Å². The standard InChI is InChI=1S/C12H26O2S/c1-4-6-7-12(3,5-2)8-9-15-11(14)10-13/h11,13-14H,4-10H2,1-3H3. The number of aliphatic hydroxyl groups excluding tert-OH is 2. The minimum Gasteiger partial charge on any atom is -0.393 e. The Labute approximate surface area is 98.5 Å². The summed E-state index contributed by atoms with van der Waals surface area (Å²) in [4.78, 5) is 0. The fourth-order valence-electron chi connectivity index (χ4n) is 1.58. The summed E-state index contributed by atoms with van der Waals surface area (Å²) >= 11 is 1.46. The van der Waals surface area contributed by atoms with Crippen LogP contribution in [0.15, 0.2) is 0 Å². The molecule has 0 aromatic heterocycles. The van der Waals surface area contributed by atoms with Crippen molar-refractivity contribution in [2.45, 2.75) is 58.3 Å². The van der Waals surface area contributed by atoms with Gasteiger partial charge in [0, 0.05) is 0 Å². The lowest BCUT2D eigenvalue weighted by atomic mass is 9.80. The molecule has 0 aromatic carbocycles. The van der Waals surface area contributed by atoms with Gasteiger partial charge in [0.25, 0.3) is 0 Å². The molecule has 0 radical (unpaired) electrons. The Morgan fingerprint density at radius 1 is 1.27 bits per heavy atom. The molecule has 0 amide bonds. The van der Waals surface area contributed by atoms with Gasteiger partial charge in [-0.15, -0.1) is 11.8 Å². The molecule has 15 heavy (non-hydrogen) atoms. The van der Waals surface area contributed by atoms with Crippen LogP contribution in [0.1, 0.15) is 52.9 Å². The van der Waals surface area contributed by atoms with Crippen LogP contribution in [-0.4, -0.2) is 28.0 Å². The molecule has 2 N–H and O–H groups in total. The second-order valence-corrected chi connectivity index (χ2v) is 5.81. The van der Waals surface area contributed by atoms with Crippen LogP contribution in [0.4, 0.5) is 0 Å². The van der Waals surface area contributed by atoms with E-state index in [1.807, 2.05) is 0 Å². The van der Waals surface area contributed by atoms with Crippen molar-refractivity contribution in [3.63, 3.8) is 0 Å². The molecular weight excluding hydrogens is 208 g/mol. The van der Waals surface area contributed by atoms with Gasteiger partial charge in [0.05, 0.1) is 6.61 Å². The largest absolute Gasteiger partial charge is 0.393 e. The lowest BCUT2D eigenvalue weighted by Crippen LogP contribution is -2.17. The first kappa shape index (κ1) is 15.3. The van der Waals surface area contributed by atoms with Crippen molar-refractivity contribution in [2.24, 2.45) is 5.41 Å². The zero-order valence-electron chi connectivity index (χ0n) is 10.3. The van der Waals surface area contributed by atoms with Gasteiger partial charge in [-0.1, -0.05) is 40.0 Å². The molecule has 0 heterocycles. The van der Waals surface area contributed by atoms with Crippen LogP contribution < -0.4 is 0 Å². The first-order valence-corrected chi connectivity index (χ1v) is 7.03. The molecule has 0 aliphatic carbocycles. The van der Waals surface area contributed by atoms with Crippen LogP contribution in [0.5, 0.6) is 0 Å². The maximum absolute atomic E-state index is 9.22. The highest BCUT2D eigenvalue weighted by atomic mass is 32.2. The number of thioether (sulfide) groups is 1. The van der Waals surface area contributed by atoms with E-state index in [0.717, 1.165) is 12.2 Å². The quantitative estimate of drug-likeness (QED) is 0.602. The van der Waals surface area contributed by atoms with Gasteiger partial charge in [-0.05, 0) is 24.0 Å². The zero-order valence-corrected chi connectivity index (χ0v) is 11.1. The highest BCUT2D eigenvalue weighted by molar-refractivity contribution is 7.99. The van der Waals surface area contributed by atoms with Gasteiger partial charge >= 0.3 is 0 Å². The molecule has 0 saturated carbocycles. The predicted octanol–water partition coefficient (Wildman–Crippen LogP) is 3.03. The third kappa shape index (κ3) is 7.20. The van der Waals surface area contributed by atoms with Crippen molar-refractivity contribution in [3.05, 3.63) is 0 Å². The highest BCUT2D eigenvalue weighted by Gasteiger charge is 2.21. The third-order valence-corrected chi connectivity index (χ3v) is 4.13. The Morgan fingerprint density at radius 3 is 2.40 bits per heavy atom. The molecule has 0 spiro atoms. The smallest absolute Gasteiger partial charge is 0.122 e. The number of hydrogen-bond acceptors (Lipinski definition) is 3. The zero-order chi connectivity index (χ0) is 11.7. The Morgan fingerprint density at radius 2 is 1.93 bits per heavy atom. The number of aliphatic hydroxyl groups is 2. The molecule has 0 fully saturated rings. The van der Waals surface area contributed by atoms with Crippen molar-refractivity contribution in [2.75, 3.05) is 12.4 Å². The van der Waals surface area contributed by atoms with E-state index in [0.29, 0.717) is 5.41 Å². The number of unbranched alkanes of at least 4 members (excludes halogenated alkanes) is 1. The first-order valence-electron chi connectivity index (χ1n) is 5.98. The number of hydrogen-bond donors (Lipinski definition) is 2. The van der Waals surface area contributed by atoms with Crippen LogP contribution in [0, 0.1) is 5.41 Å². The number of rotatable bonds is 9. The van der Waals surface area contributed by atoms with Gasteiger partial charge in [0.1, 0.15) is 5.44 Å². The van der Waals surface area contributed by atoms with Crippen LogP contribution >= 0.6 is 11.8 Å². The maximum Gasteiger partial charge on any atom is 0.122 e. The van der Waals surface area contributed by atoms with E-state index in [9.17, 15) is 5.11 Å². The molecule has 0 aliphatic rings. The van der Waals surface area contributed by atoms with E-state index < -0.39 is 5.44 Å². The fourth-order valence-corrected chi connectivity index (χ4v) is 2.56. The van der Waals surface area contributed by atoms with Gasteiger partial charge < -0.3 is 10.2 Å². The molecule has 0 saturated heterocycles. The molecule has 2 unspecified atom stereocenters. The lowest BCUT2D eigenvalue weighted by molar-refractivity contribution is 0.160. The molecular formula is C12H26O2S. The summed E-state index contributed by atoms with van der Waals surface area (Å²) in [5, 5.41) is 17.9. The van der Waals surface area contributed by atoms with Crippen LogP contribution in [0.2, 0.25) is 0 Å². The van der Waals surface area contributed by atoms with E-state index in [4.69, 9.17) is 5.11 Å². The van der Waals surface area contributed by atoms with Crippen LogP contribution in [0.25, 0.3) is 0 Å². The van der Waals surface area contributed by atoms with Gasteiger partial charge in [-0.25, -0.2) is 0 Å². The topological polar surface area (TPSA) is 40.5 Å². The van der Waals surface area contributed by atoms with Gasteiger partial charge in [-0.2, -0.15) is 0 Å². The summed E-state index contributed by atoms with van der Waals surface area (Å²) in [5.41, 5.74) is -0.185. The second-order valence-electron chi connectivity index (χ2n) is 4.53. The molecule has 0 rings (SSSR count). The third-order valence-electron chi connectivity index (χ3n) is 3.16. The maximum atomic E-state index is 9.22. The molecule has 3 heteroatoms. The van der Waals surface area contributed by atoms with E-state index in [2.05, 4.69) is 20.8 Å². The van der Waals surface area contributed by atoms with E-state index in [1.165, 1.54) is 37.4 Å². The lowest BCUT2D eigenvalue weighted by Gasteiger charge is -2.28. The highest BCUT2D eigenvalue weighted by Crippen LogP contribution is 2.33. The normalized spacial score (nSPS) is 17.4. The molecule has 0 aliphatic heterocycles. The van der Waals surface area contributed by atoms with Crippen molar-refractivity contribution in [1.29, 1.82) is 0 Å². The molecule has 0 bridgehead atoms. The molecule has 92 valence electrons.